The summed E-state index contributed by atoms with van der Waals surface area (Å²) in [7, 11) is 0. The summed E-state index contributed by atoms with van der Waals surface area (Å²) in [5.74, 6) is -0.741. The molecule has 0 atom stereocenters. The largest absolute Gasteiger partial charge is 0.492 e. The Morgan fingerprint density at radius 3 is 2.68 bits per heavy atom. The minimum Gasteiger partial charge on any atom is -0.492 e. The van der Waals surface area contributed by atoms with E-state index in [2.05, 4.69) is 15.6 Å². The highest BCUT2D eigenvalue weighted by Crippen LogP contribution is 2.10. The van der Waals surface area contributed by atoms with Gasteiger partial charge in [-0.1, -0.05) is 22.9 Å². The Morgan fingerprint density at radius 1 is 1.32 bits per heavy atom. The van der Waals surface area contributed by atoms with Gasteiger partial charge in [-0.3, -0.25) is 4.79 Å². The average Bonchev–Trinajstić information content (AvgIpc) is 2.94. The normalized spacial score (nSPS) is 10.2. The smallest absolute Gasteiger partial charge is 0.358 e. The molecular formula is C14H16N4O4. The zero-order chi connectivity index (χ0) is 15.9. The van der Waals surface area contributed by atoms with E-state index < -0.39 is 5.97 Å². The van der Waals surface area contributed by atoms with Gasteiger partial charge in [0.2, 0.25) is 5.91 Å². The summed E-state index contributed by atoms with van der Waals surface area (Å²) in [6.07, 6.45) is 1.20. The number of hydrogen-bond donors (Lipinski definition) is 2. The Bertz CT molecular complexity index is 651. The fourth-order valence-corrected chi connectivity index (χ4v) is 1.67. The van der Waals surface area contributed by atoms with E-state index in [1.807, 2.05) is 31.2 Å². The number of carboxylic acid groups (broad SMARTS) is 1. The maximum absolute atomic E-state index is 11.6. The number of nitrogens with one attached hydrogen (secondary N) is 1. The summed E-state index contributed by atoms with van der Waals surface area (Å²) in [6, 6.07) is 7.61. The lowest BCUT2D eigenvalue weighted by Gasteiger charge is -2.07. The number of aryl methyl sites for hydroxylation is 1. The molecule has 116 valence electrons. The predicted octanol–water partition coefficient (Wildman–Crippen LogP) is 0.480. The van der Waals surface area contributed by atoms with E-state index in [0.717, 1.165) is 11.3 Å². The minimum absolute atomic E-state index is 0.0924. The van der Waals surface area contributed by atoms with E-state index in [1.54, 1.807) is 0 Å². The first kappa shape index (κ1) is 15.5. The van der Waals surface area contributed by atoms with Gasteiger partial charge in [-0.2, -0.15) is 0 Å². The van der Waals surface area contributed by atoms with Crippen LogP contribution in [0.15, 0.2) is 30.5 Å². The Balaban J connectivity index is 1.69. The quantitative estimate of drug-likeness (QED) is 0.721. The van der Waals surface area contributed by atoms with Crippen LogP contribution in [0, 0.1) is 6.92 Å². The summed E-state index contributed by atoms with van der Waals surface area (Å²) < 4.78 is 6.64. The van der Waals surface area contributed by atoms with Crippen LogP contribution in [0.1, 0.15) is 16.1 Å². The summed E-state index contributed by atoms with van der Waals surface area (Å²) >= 11 is 0. The van der Waals surface area contributed by atoms with Crippen LogP contribution in [0.3, 0.4) is 0 Å². The molecule has 2 N–H and O–H groups in total. The molecule has 1 heterocycles. The number of rotatable bonds is 7. The number of aromatic nitrogens is 3. The van der Waals surface area contributed by atoms with Crippen molar-refractivity contribution in [3.63, 3.8) is 0 Å². The van der Waals surface area contributed by atoms with Crippen LogP contribution in [-0.4, -0.2) is 45.1 Å². The molecule has 0 saturated heterocycles. The van der Waals surface area contributed by atoms with Crippen molar-refractivity contribution < 1.29 is 19.4 Å². The highest BCUT2D eigenvalue weighted by atomic mass is 16.5. The van der Waals surface area contributed by atoms with E-state index >= 15 is 0 Å². The number of aromatic carboxylic acids is 1. The van der Waals surface area contributed by atoms with Crippen LogP contribution in [0.25, 0.3) is 0 Å². The number of carbonyl (C=O) groups excluding carboxylic acids is 1. The van der Waals surface area contributed by atoms with Crippen LogP contribution in [0.4, 0.5) is 0 Å². The van der Waals surface area contributed by atoms with E-state index in [4.69, 9.17) is 9.84 Å². The SMILES string of the molecule is Cc1ccc(OCCNC(=O)Cn2cc(C(=O)O)nn2)cc1. The maximum atomic E-state index is 11.6. The molecule has 0 aliphatic heterocycles. The van der Waals surface area contributed by atoms with E-state index in [9.17, 15) is 9.59 Å². The second-order valence-electron chi connectivity index (χ2n) is 4.62. The van der Waals surface area contributed by atoms with Crippen LogP contribution in [-0.2, 0) is 11.3 Å². The lowest BCUT2D eigenvalue weighted by Crippen LogP contribution is -2.31. The first-order valence-electron chi connectivity index (χ1n) is 6.64. The Morgan fingerprint density at radius 2 is 2.05 bits per heavy atom. The first-order chi connectivity index (χ1) is 10.5. The fraction of sp³-hybridized carbons (Fsp3) is 0.286. The van der Waals surface area contributed by atoms with Crippen molar-refractivity contribution in [2.24, 2.45) is 0 Å². The third-order valence-corrected chi connectivity index (χ3v) is 2.78. The first-order valence-corrected chi connectivity index (χ1v) is 6.64. The number of benzene rings is 1. The van der Waals surface area contributed by atoms with E-state index in [0.29, 0.717) is 13.2 Å². The van der Waals surface area contributed by atoms with Gasteiger partial charge in [0.1, 0.15) is 18.9 Å². The number of ether oxygens (including phenoxy) is 1. The molecule has 2 rings (SSSR count). The number of hydrogen-bond acceptors (Lipinski definition) is 5. The van der Waals surface area contributed by atoms with Crippen molar-refractivity contribution in [1.82, 2.24) is 20.3 Å². The molecule has 0 aliphatic carbocycles. The molecule has 1 aromatic heterocycles. The Labute approximate surface area is 126 Å². The summed E-state index contributed by atoms with van der Waals surface area (Å²) in [6.45, 7) is 2.58. The maximum Gasteiger partial charge on any atom is 0.358 e. The topological polar surface area (TPSA) is 106 Å². The van der Waals surface area contributed by atoms with Gasteiger partial charge in [0, 0.05) is 0 Å². The third kappa shape index (κ3) is 4.58. The summed E-state index contributed by atoms with van der Waals surface area (Å²) in [5, 5.41) is 18.3. The highest BCUT2D eigenvalue weighted by molar-refractivity contribution is 5.84. The van der Waals surface area contributed by atoms with Gasteiger partial charge in [-0.25, -0.2) is 9.48 Å². The van der Waals surface area contributed by atoms with Crippen LogP contribution in [0.2, 0.25) is 0 Å². The standard InChI is InChI=1S/C14H16N4O4/c1-10-2-4-11(5-3-10)22-7-6-15-13(19)9-18-8-12(14(20)21)16-17-18/h2-5,8H,6-7,9H2,1H3,(H,15,19)(H,20,21). The molecule has 0 fully saturated rings. The average molecular weight is 304 g/mol. The van der Waals surface area contributed by atoms with Crippen LogP contribution >= 0.6 is 0 Å². The zero-order valence-corrected chi connectivity index (χ0v) is 12.0. The second kappa shape index (κ2) is 7.21. The van der Waals surface area contributed by atoms with Crippen LogP contribution < -0.4 is 10.1 Å². The van der Waals surface area contributed by atoms with Crippen molar-refractivity contribution in [3.05, 3.63) is 41.7 Å². The molecule has 1 aromatic carbocycles. The number of amides is 1. The van der Waals surface area contributed by atoms with Gasteiger partial charge in [0.25, 0.3) is 0 Å². The molecule has 0 saturated carbocycles. The zero-order valence-electron chi connectivity index (χ0n) is 12.0. The molecule has 0 aliphatic rings. The predicted molar refractivity (Wildman–Crippen MR) is 76.7 cm³/mol. The van der Waals surface area contributed by atoms with Crippen molar-refractivity contribution in [2.45, 2.75) is 13.5 Å². The van der Waals surface area contributed by atoms with E-state index in [-0.39, 0.29) is 18.1 Å². The molecule has 0 unspecified atom stereocenters. The summed E-state index contributed by atoms with van der Waals surface area (Å²) in [5.41, 5.74) is 0.949. The van der Waals surface area contributed by atoms with Gasteiger partial charge in [0.15, 0.2) is 5.69 Å². The van der Waals surface area contributed by atoms with Crippen molar-refractivity contribution >= 4 is 11.9 Å². The van der Waals surface area contributed by atoms with Gasteiger partial charge >= 0.3 is 5.97 Å². The number of carboxylic acids is 1. The number of carbonyl (C=O) groups is 2. The molecule has 0 radical (unpaired) electrons. The Kier molecular flexibility index (Phi) is 5.07. The Hall–Kier alpha value is -2.90. The van der Waals surface area contributed by atoms with Gasteiger partial charge < -0.3 is 15.2 Å². The van der Waals surface area contributed by atoms with Gasteiger partial charge in [-0.15, -0.1) is 5.10 Å². The molecule has 8 nitrogen and oxygen atoms in total. The molecular weight excluding hydrogens is 288 g/mol. The molecule has 2 aromatic rings. The van der Waals surface area contributed by atoms with Crippen molar-refractivity contribution in [1.29, 1.82) is 0 Å². The number of nitrogens with zero attached hydrogens (tertiary/aromatic N) is 3. The molecule has 8 heteroatoms. The molecule has 0 spiro atoms. The van der Waals surface area contributed by atoms with E-state index in [1.165, 1.54) is 10.9 Å². The molecule has 22 heavy (non-hydrogen) atoms. The molecule has 1 amide bonds. The van der Waals surface area contributed by atoms with Crippen molar-refractivity contribution in [3.8, 4) is 5.75 Å². The second-order valence-corrected chi connectivity index (χ2v) is 4.62. The third-order valence-electron chi connectivity index (χ3n) is 2.78. The van der Waals surface area contributed by atoms with Crippen LogP contribution in [0.5, 0.6) is 5.75 Å². The van der Waals surface area contributed by atoms with Gasteiger partial charge in [0.05, 0.1) is 12.7 Å². The molecule has 0 bridgehead atoms. The lowest BCUT2D eigenvalue weighted by molar-refractivity contribution is -0.122. The monoisotopic (exact) mass is 304 g/mol. The van der Waals surface area contributed by atoms with Gasteiger partial charge in [-0.05, 0) is 19.1 Å². The summed E-state index contributed by atoms with van der Waals surface area (Å²) in [4.78, 5) is 22.3. The fourth-order valence-electron chi connectivity index (χ4n) is 1.67. The lowest BCUT2D eigenvalue weighted by atomic mass is 10.2. The van der Waals surface area contributed by atoms with Crippen molar-refractivity contribution in [2.75, 3.05) is 13.2 Å². The minimum atomic E-state index is -1.18. The highest BCUT2D eigenvalue weighted by Gasteiger charge is 2.10.